The monoisotopic (exact) mass is 314 g/mol. The van der Waals surface area contributed by atoms with Crippen LogP contribution in [0.4, 0.5) is 5.69 Å². The Hall–Kier alpha value is -3.29. The molecule has 3 aromatic rings. The Morgan fingerprint density at radius 2 is 2.04 bits per heavy atom. The predicted octanol–water partition coefficient (Wildman–Crippen LogP) is 0.995. The van der Waals surface area contributed by atoms with E-state index < -0.39 is 5.56 Å². The summed E-state index contributed by atoms with van der Waals surface area (Å²) in [7, 11) is 0. The molecule has 0 aromatic carbocycles. The van der Waals surface area contributed by atoms with E-state index in [1.807, 2.05) is 0 Å². The number of nitrogens with one attached hydrogen (secondary N) is 1. The van der Waals surface area contributed by atoms with Gasteiger partial charge in [0.1, 0.15) is 23.7 Å². The molecule has 118 valence electrons. The summed E-state index contributed by atoms with van der Waals surface area (Å²) in [4.78, 5) is 24.0. The van der Waals surface area contributed by atoms with Crippen LogP contribution in [0.5, 0.6) is 0 Å². The smallest absolute Gasteiger partial charge is 0.290 e. The maximum absolute atomic E-state index is 12.0. The van der Waals surface area contributed by atoms with Crippen LogP contribution in [0.1, 0.15) is 5.76 Å². The molecule has 0 aliphatic rings. The van der Waals surface area contributed by atoms with Gasteiger partial charge in [-0.2, -0.15) is 5.10 Å². The van der Waals surface area contributed by atoms with Crippen molar-refractivity contribution in [2.24, 2.45) is 0 Å². The first kappa shape index (κ1) is 14.6. The summed E-state index contributed by atoms with van der Waals surface area (Å²) in [5.41, 5.74) is 5.53. The molecule has 0 saturated carbocycles. The highest BCUT2D eigenvalue weighted by Crippen LogP contribution is 2.17. The number of nitrogens with zero attached hydrogens (tertiary/aromatic N) is 2. The Balaban J connectivity index is 1.76. The summed E-state index contributed by atoms with van der Waals surface area (Å²) in [6, 6.07) is 8.26. The maximum atomic E-state index is 12.0. The van der Waals surface area contributed by atoms with Crippen LogP contribution in [-0.4, -0.2) is 15.7 Å². The molecule has 0 aliphatic heterocycles. The van der Waals surface area contributed by atoms with Gasteiger partial charge in [0, 0.05) is 0 Å². The maximum Gasteiger partial charge on any atom is 0.290 e. The Kier molecular flexibility index (Phi) is 3.96. The van der Waals surface area contributed by atoms with Gasteiger partial charge in [0.15, 0.2) is 5.76 Å². The van der Waals surface area contributed by atoms with Crippen molar-refractivity contribution in [3.63, 3.8) is 0 Å². The van der Waals surface area contributed by atoms with Crippen LogP contribution in [0.3, 0.4) is 0 Å². The number of carbonyl (C=O) groups is 1. The molecule has 3 heterocycles. The topological polar surface area (TPSA) is 116 Å². The molecule has 0 radical (unpaired) electrons. The van der Waals surface area contributed by atoms with Gasteiger partial charge in [-0.3, -0.25) is 9.59 Å². The zero-order valence-corrected chi connectivity index (χ0v) is 12.1. The molecule has 1 amide bonds. The van der Waals surface area contributed by atoms with Crippen molar-refractivity contribution in [3.8, 4) is 11.5 Å². The minimum absolute atomic E-state index is 0.00904. The minimum Gasteiger partial charge on any atom is -0.467 e. The minimum atomic E-state index is -0.534. The predicted molar refractivity (Wildman–Crippen MR) is 81.2 cm³/mol. The quantitative estimate of drug-likeness (QED) is 0.725. The second kappa shape index (κ2) is 6.22. The summed E-state index contributed by atoms with van der Waals surface area (Å²) in [6.45, 7) is -0.0216. The zero-order chi connectivity index (χ0) is 16.2. The van der Waals surface area contributed by atoms with Crippen LogP contribution in [0.2, 0.25) is 0 Å². The first-order valence-corrected chi connectivity index (χ1v) is 6.84. The summed E-state index contributed by atoms with van der Waals surface area (Å²) in [5.74, 6) is 0.691. The van der Waals surface area contributed by atoms with Gasteiger partial charge in [-0.25, -0.2) is 4.68 Å². The van der Waals surface area contributed by atoms with E-state index in [1.165, 1.54) is 18.6 Å². The van der Waals surface area contributed by atoms with E-state index in [0.717, 1.165) is 4.68 Å². The number of rotatable bonds is 5. The fraction of sp³-hybridized carbons (Fsp3) is 0.133. The second-order valence-corrected chi connectivity index (χ2v) is 4.78. The fourth-order valence-corrected chi connectivity index (χ4v) is 2.01. The molecule has 0 spiro atoms. The number of anilines is 1. The van der Waals surface area contributed by atoms with Gasteiger partial charge in [-0.1, -0.05) is 0 Å². The molecular weight excluding hydrogens is 300 g/mol. The van der Waals surface area contributed by atoms with Crippen LogP contribution >= 0.6 is 0 Å². The third-order valence-corrected chi connectivity index (χ3v) is 3.11. The molecule has 0 atom stereocenters. The van der Waals surface area contributed by atoms with Crippen molar-refractivity contribution < 1.29 is 13.6 Å². The number of amides is 1. The van der Waals surface area contributed by atoms with Crippen LogP contribution in [0.15, 0.2) is 56.5 Å². The van der Waals surface area contributed by atoms with Gasteiger partial charge in [0.2, 0.25) is 5.91 Å². The summed E-state index contributed by atoms with van der Waals surface area (Å²) < 4.78 is 11.3. The zero-order valence-electron chi connectivity index (χ0n) is 12.1. The standard InChI is InChI=1S/C15H14N4O4/c16-11-7-12(13-4-2-6-23-13)18-19(15(11)21)9-14(20)17-8-10-3-1-5-22-10/h1-7H,8-9,16H2,(H,17,20). The molecule has 0 fully saturated rings. The average Bonchev–Trinajstić information content (AvgIpc) is 3.22. The van der Waals surface area contributed by atoms with Gasteiger partial charge in [-0.15, -0.1) is 0 Å². The third-order valence-electron chi connectivity index (χ3n) is 3.11. The highest BCUT2D eigenvalue weighted by Gasteiger charge is 2.12. The number of aromatic nitrogens is 2. The van der Waals surface area contributed by atoms with Crippen molar-refractivity contribution in [1.29, 1.82) is 0 Å². The molecule has 0 unspecified atom stereocenters. The lowest BCUT2D eigenvalue weighted by Gasteiger charge is -2.08. The SMILES string of the molecule is Nc1cc(-c2ccco2)nn(CC(=O)NCc2ccco2)c1=O. The van der Waals surface area contributed by atoms with Crippen LogP contribution in [-0.2, 0) is 17.9 Å². The fourth-order valence-electron chi connectivity index (χ4n) is 2.01. The normalized spacial score (nSPS) is 10.6. The number of nitrogens with two attached hydrogens (primary N) is 1. The molecule has 0 saturated heterocycles. The molecular formula is C15H14N4O4. The third kappa shape index (κ3) is 3.31. The number of hydrogen-bond donors (Lipinski definition) is 2. The first-order chi connectivity index (χ1) is 11.1. The Bertz CT molecular complexity index is 850. The molecule has 0 bridgehead atoms. The molecule has 3 aromatic heterocycles. The van der Waals surface area contributed by atoms with Gasteiger partial charge in [0.05, 0.1) is 19.1 Å². The van der Waals surface area contributed by atoms with Crippen molar-refractivity contribution in [2.45, 2.75) is 13.1 Å². The Morgan fingerprint density at radius 3 is 2.74 bits per heavy atom. The van der Waals surface area contributed by atoms with E-state index in [2.05, 4.69) is 10.4 Å². The van der Waals surface area contributed by atoms with E-state index >= 15 is 0 Å². The van der Waals surface area contributed by atoms with E-state index in [-0.39, 0.29) is 24.7 Å². The lowest BCUT2D eigenvalue weighted by molar-refractivity contribution is -0.122. The van der Waals surface area contributed by atoms with E-state index in [9.17, 15) is 9.59 Å². The van der Waals surface area contributed by atoms with E-state index in [4.69, 9.17) is 14.6 Å². The van der Waals surface area contributed by atoms with Gasteiger partial charge >= 0.3 is 0 Å². The summed E-state index contributed by atoms with van der Waals surface area (Å²) in [5, 5.41) is 6.74. The molecule has 8 heteroatoms. The summed E-state index contributed by atoms with van der Waals surface area (Å²) >= 11 is 0. The van der Waals surface area contributed by atoms with Crippen LogP contribution < -0.4 is 16.6 Å². The molecule has 3 N–H and O–H groups in total. The lowest BCUT2D eigenvalue weighted by atomic mass is 10.3. The van der Waals surface area contributed by atoms with Crippen molar-refractivity contribution in [1.82, 2.24) is 15.1 Å². The number of hydrogen-bond acceptors (Lipinski definition) is 6. The van der Waals surface area contributed by atoms with Gasteiger partial charge < -0.3 is 19.9 Å². The van der Waals surface area contributed by atoms with Gasteiger partial charge in [0.25, 0.3) is 5.56 Å². The largest absolute Gasteiger partial charge is 0.467 e. The van der Waals surface area contributed by atoms with Gasteiger partial charge in [-0.05, 0) is 30.3 Å². The molecule has 8 nitrogen and oxygen atoms in total. The Morgan fingerprint density at radius 1 is 1.26 bits per heavy atom. The molecule has 23 heavy (non-hydrogen) atoms. The number of nitrogen functional groups attached to an aromatic ring is 1. The lowest BCUT2D eigenvalue weighted by Crippen LogP contribution is -2.34. The highest BCUT2D eigenvalue weighted by molar-refractivity contribution is 5.75. The first-order valence-electron chi connectivity index (χ1n) is 6.84. The number of carbonyl (C=O) groups excluding carboxylic acids is 1. The van der Waals surface area contributed by atoms with Crippen LogP contribution in [0.25, 0.3) is 11.5 Å². The van der Waals surface area contributed by atoms with Crippen molar-refractivity contribution in [2.75, 3.05) is 5.73 Å². The highest BCUT2D eigenvalue weighted by atomic mass is 16.3. The molecule has 3 rings (SSSR count). The molecule has 0 aliphatic carbocycles. The number of furan rings is 2. The van der Waals surface area contributed by atoms with Crippen molar-refractivity contribution in [3.05, 3.63) is 59.0 Å². The second-order valence-electron chi connectivity index (χ2n) is 4.78. The Labute approximate surface area is 130 Å². The van der Waals surface area contributed by atoms with E-state index in [0.29, 0.717) is 17.2 Å². The van der Waals surface area contributed by atoms with Crippen LogP contribution in [0, 0.1) is 0 Å². The average molecular weight is 314 g/mol. The van der Waals surface area contributed by atoms with E-state index in [1.54, 1.807) is 24.3 Å². The van der Waals surface area contributed by atoms with Crippen molar-refractivity contribution >= 4 is 11.6 Å². The summed E-state index contributed by atoms with van der Waals surface area (Å²) in [6.07, 6.45) is 3.00.